The Labute approximate surface area is 110 Å². The number of nitrogens with zero attached hydrogens (tertiary/aromatic N) is 3. The maximum absolute atomic E-state index is 5.38. The number of fused-ring (bicyclic) bond motifs is 1. The van der Waals surface area contributed by atoms with Gasteiger partial charge in [0.1, 0.15) is 0 Å². The summed E-state index contributed by atoms with van der Waals surface area (Å²) in [6.45, 7) is 4.99. The Morgan fingerprint density at radius 3 is 2.89 bits per heavy atom. The number of benzene rings is 1. The lowest BCUT2D eigenvalue weighted by Gasteiger charge is -2.00. The molecule has 0 atom stereocenters. The summed E-state index contributed by atoms with van der Waals surface area (Å²) in [6, 6.07) is 8.22. The average Bonchev–Trinajstić information content (AvgIpc) is 2.92. The largest absolute Gasteiger partial charge is 0.330 e. The number of H-pyrrole nitrogens is 1. The van der Waals surface area contributed by atoms with Gasteiger partial charge in [0.15, 0.2) is 10.6 Å². The molecule has 1 N–H and O–H groups in total. The third-order valence-electron chi connectivity index (χ3n) is 3.02. The molecule has 0 spiro atoms. The van der Waals surface area contributed by atoms with Crippen LogP contribution in [0.25, 0.3) is 16.9 Å². The first-order valence-electron chi connectivity index (χ1n) is 5.94. The van der Waals surface area contributed by atoms with E-state index in [0.29, 0.717) is 4.77 Å². The summed E-state index contributed by atoms with van der Waals surface area (Å²) >= 11 is 5.38. The van der Waals surface area contributed by atoms with Crippen LogP contribution in [-0.2, 0) is 6.54 Å². The normalized spacial score (nSPS) is 11.2. The van der Waals surface area contributed by atoms with Gasteiger partial charge in [0.25, 0.3) is 0 Å². The van der Waals surface area contributed by atoms with E-state index in [1.165, 1.54) is 5.56 Å². The first-order chi connectivity index (χ1) is 8.69. The molecule has 0 aliphatic heterocycles. The molecule has 2 heterocycles. The number of rotatable bonds is 2. The van der Waals surface area contributed by atoms with Gasteiger partial charge in [-0.1, -0.05) is 6.07 Å². The molecule has 0 aliphatic carbocycles. The number of hydrogen-bond acceptors (Lipinski definition) is 2. The van der Waals surface area contributed by atoms with E-state index in [1.807, 2.05) is 27.6 Å². The summed E-state index contributed by atoms with van der Waals surface area (Å²) < 4.78 is 4.55. The Morgan fingerprint density at radius 2 is 2.17 bits per heavy atom. The molecule has 4 nitrogen and oxygen atoms in total. The van der Waals surface area contributed by atoms with Gasteiger partial charge in [-0.3, -0.25) is 9.25 Å². The molecule has 0 bridgehead atoms. The van der Waals surface area contributed by atoms with Crippen molar-refractivity contribution in [3.63, 3.8) is 0 Å². The van der Waals surface area contributed by atoms with Gasteiger partial charge in [0, 0.05) is 18.8 Å². The van der Waals surface area contributed by atoms with Gasteiger partial charge in [-0.15, -0.1) is 0 Å². The van der Waals surface area contributed by atoms with Crippen molar-refractivity contribution in [2.45, 2.75) is 20.4 Å². The van der Waals surface area contributed by atoms with Crippen molar-refractivity contribution in [1.29, 1.82) is 0 Å². The van der Waals surface area contributed by atoms with E-state index in [4.69, 9.17) is 12.2 Å². The van der Waals surface area contributed by atoms with Crippen LogP contribution >= 0.6 is 12.2 Å². The molecule has 0 amide bonds. The van der Waals surface area contributed by atoms with E-state index in [0.717, 1.165) is 23.4 Å². The minimum absolute atomic E-state index is 0.678. The minimum Gasteiger partial charge on any atom is -0.330 e. The van der Waals surface area contributed by atoms with Crippen molar-refractivity contribution in [2.24, 2.45) is 0 Å². The zero-order valence-electron chi connectivity index (χ0n) is 10.3. The molecule has 0 unspecified atom stereocenters. The van der Waals surface area contributed by atoms with E-state index < -0.39 is 0 Å². The Morgan fingerprint density at radius 1 is 1.33 bits per heavy atom. The van der Waals surface area contributed by atoms with E-state index in [-0.39, 0.29) is 0 Å². The number of aromatic amines is 1. The summed E-state index contributed by atoms with van der Waals surface area (Å²) in [5, 5.41) is 4.50. The third-order valence-corrected chi connectivity index (χ3v) is 3.30. The highest BCUT2D eigenvalue weighted by molar-refractivity contribution is 7.71. The van der Waals surface area contributed by atoms with E-state index in [9.17, 15) is 0 Å². The quantitative estimate of drug-likeness (QED) is 0.717. The number of nitrogens with one attached hydrogen (secondary N) is 1. The number of aryl methyl sites for hydroxylation is 2. The number of imidazole rings is 1. The molecular weight excluding hydrogens is 244 g/mol. The molecule has 3 rings (SSSR count). The zero-order chi connectivity index (χ0) is 12.7. The van der Waals surface area contributed by atoms with Crippen LogP contribution in [0.2, 0.25) is 0 Å². The lowest BCUT2D eigenvalue weighted by atomic mass is 10.2. The Bertz CT molecular complexity index is 763. The third kappa shape index (κ3) is 1.67. The fourth-order valence-corrected chi connectivity index (χ4v) is 2.39. The van der Waals surface area contributed by atoms with Crippen molar-refractivity contribution < 1.29 is 0 Å². The van der Waals surface area contributed by atoms with Crippen LogP contribution in [0, 0.1) is 11.7 Å². The van der Waals surface area contributed by atoms with Crippen molar-refractivity contribution in [3.05, 3.63) is 40.8 Å². The van der Waals surface area contributed by atoms with E-state index in [2.05, 4.69) is 36.1 Å². The van der Waals surface area contributed by atoms with Crippen LogP contribution in [-0.4, -0.2) is 19.3 Å². The molecule has 0 aliphatic rings. The molecule has 92 valence electrons. The van der Waals surface area contributed by atoms with Crippen LogP contribution in [0.4, 0.5) is 0 Å². The van der Waals surface area contributed by atoms with Gasteiger partial charge in [-0.25, -0.2) is 0 Å². The summed E-state index contributed by atoms with van der Waals surface area (Å²) in [5.41, 5.74) is 3.32. The zero-order valence-corrected chi connectivity index (χ0v) is 11.2. The van der Waals surface area contributed by atoms with Crippen molar-refractivity contribution >= 4 is 23.3 Å². The van der Waals surface area contributed by atoms with Crippen molar-refractivity contribution in [1.82, 2.24) is 19.3 Å². The second-order valence-electron chi connectivity index (χ2n) is 4.32. The fourth-order valence-electron chi connectivity index (χ4n) is 2.09. The number of hydrogen-bond donors (Lipinski definition) is 1. The maximum atomic E-state index is 5.38. The van der Waals surface area contributed by atoms with Gasteiger partial charge >= 0.3 is 0 Å². The van der Waals surface area contributed by atoms with Gasteiger partial charge in [-0.2, -0.15) is 5.10 Å². The lowest BCUT2D eigenvalue weighted by Crippen LogP contribution is -1.99. The highest BCUT2D eigenvalue weighted by Gasteiger charge is 2.08. The molecule has 18 heavy (non-hydrogen) atoms. The molecule has 5 heteroatoms. The molecular formula is C13H14N4S. The Kier molecular flexibility index (Phi) is 2.56. The standard InChI is InChI=1S/C13H14N4S/c1-3-16-7-6-12(15-16)17-11-8-9(2)4-5-10(11)14-13(17)18/h4-8H,3H2,1-2H3,(H,14,18). The van der Waals surface area contributed by atoms with E-state index >= 15 is 0 Å². The lowest BCUT2D eigenvalue weighted by molar-refractivity contribution is 0.653. The first kappa shape index (κ1) is 11.2. The predicted octanol–water partition coefficient (Wildman–Crippen LogP) is 3.21. The maximum Gasteiger partial charge on any atom is 0.184 e. The summed E-state index contributed by atoms with van der Waals surface area (Å²) in [6.07, 6.45) is 1.96. The second kappa shape index (κ2) is 4.10. The molecule has 2 aromatic heterocycles. The average molecular weight is 258 g/mol. The number of aromatic nitrogens is 4. The van der Waals surface area contributed by atoms with Crippen LogP contribution in [0.15, 0.2) is 30.5 Å². The Balaban J connectivity index is 2.30. The Hall–Kier alpha value is -1.88. The first-order valence-corrected chi connectivity index (χ1v) is 6.35. The SMILES string of the molecule is CCn1ccc(-n2c(=S)[nH]c3ccc(C)cc32)n1. The second-order valence-corrected chi connectivity index (χ2v) is 4.70. The molecule has 3 aromatic rings. The molecule has 0 saturated heterocycles. The minimum atomic E-state index is 0.678. The monoisotopic (exact) mass is 258 g/mol. The van der Waals surface area contributed by atoms with Crippen LogP contribution in [0.3, 0.4) is 0 Å². The highest BCUT2D eigenvalue weighted by Crippen LogP contribution is 2.19. The summed E-state index contributed by atoms with van der Waals surface area (Å²) in [4.78, 5) is 3.21. The van der Waals surface area contributed by atoms with Crippen LogP contribution < -0.4 is 0 Å². The van der Waals surface area contributed by atoms with Crippen molar-refractivity contribution in [2.75, 3.05) is 0 Å². The molecule has 0 radical (unpaired) electrons. The predicted molar refractivity (Wildman–Crippen MR) is 74.7 cm³/mol. The molecule has 0 saturated carbocycles. The summed E-state index contributed by atoms with van der Waals surface area (Å²) in [7, 11) is 0. The van der Waals surface area contributed by atoms with Gasteiger partial charge in [0.2, 0.25) is 0 Å². The fraction of sp³-hybridized carbons (Fsp3) is 0.231. The van der Waals surface area contributed by atoms with Gasteiger partial charge in [0.05, 0.1) is 11.0 Å². The van der Waals surface area contributed by atoms with Crippen LogP contribution in [0.5, 0.6) is 0 Å². The molecule has 0 fully saturated rings. The molecule has 1 aromatic carbocycles. The van der Waals surface area contributed by atoms with Gasteiger partial charge < -0.3 is 4.98 Å². The van der Waals surface area contributed by atoms with Crippen LogP contribution in [0.1, 0.15) is 12.5 Å². The highest BCUT2D eigenvalue weighted by atomic mass is 32.1. The van der Waals surface area contributed by atoms with Crippen molar-refractivity contribution in [3.8, 4) is 5.82 Å². The van der Waals surface area contributed by atoms with E-state index in [1.54, 1.807) is 0 Å². The summed E-state index contributed by atoms with van der Waals surface area (Å²) in [5.74, 6) is 0.860. The topological polar surface area (TPSA) is 38.5 Å². The van der Waals surface area contributed by atoms with Gasteiger partial charge in [-0.05, 0) is 43.8 Å². The smallest absolute Gasteiger partial charge is 0.184 e.